The van der Waals surface area contributed by atoms with E-state index in [4.69, 9.17) is 0 Å². The molecule has 3 nitrogen and oxygen atoms in total. The standard InChI is InChI=1S/C14H9NO2S/c16-14(17)11-4-2-1-3-10(11)9-5-6-12-13(7-9)18-8-15-12/h1-8H,(H,16,17). The van der Waals surface area contributed by atoms with E-state index in [2.05, 4.69) is 4.98 Å². The molecule has 3 rings (SSSR count). The van der Waals surface area contributed by atoms with Crippen molar-refractivity contribution >= 4 is 27.5 Å². The van der Waals surface area contributed by atoms with Gasteiger partial charge in [0.15, 0.2) is 0 Å². The van der Waals surface area contributed by atoms with E-state index in [9.17, 15) is 9.90 Å². The zero-order valence-corrected chi connectivity index (χ0v) is 10.1. The van der Waals surface area contributed by atoms with Crippen LogP contribution in [0.3, 0.4) is 0 Å². The van der Waals surface area contributed by atoms with Gasteiger partial charge in [0, 0.05) is 0 Å². The van der Waals surface area contributed by atoms with Gasteiger partial charge in [0.2, 0.25) is 0 Å². The van der Waals surface area contributed by atoms with E-state index in [1.165, 1.54) is 0 Å². The second-order valence-electron chi connectivity index (χ2n) is 3.89. The maximum absolute atomic E-state index is 11.2. The average molecular weight is 255 g/mol. The van der Waals surface area contributed by atoms with Crippen molar-refractivity contribution in [2.24, 2.45) is 0 Å². The molecule has 0 unspecified atom stereocenters. The van der Waals surface area contributed by atoms with E-state index < -0.39 is 5.97 Å². The van der Waals surface area contributed by atoms with Gasteiger partial charge in [-0.2, -0.15) is 0 Å². The molecule has 0 radical (unpaired) electrons. The fourth-order valence-electron chi connectivity index (χ4n) is 1.94. The number of aromatic nitrogens is 1. The summed E-state index contributed by atoms with van der Waals surface area (Å²) >= 11 is 1.55. The number of rotatable bonds is 2. The van der Waals surface area contributed by atoms with Crippen LogP contribution >= 0.6 is 11.3 Å². The number of nitrogens with zero attached hydrogens (tertiary/aromatic N) is 1. The summed E-state index contributed by atoms with van der Waals surface area (Å²) in [5.41, 5.74) is 4.69. The van der Waals surface area contributed by atoms with Crippen molar-refractivity contribution in [1.82, 2.24) is 4.98 Å². The van der Waals surface area contributed by atoms with Gasteiger partial charge < -0.3 is 5.11 Å². The minimum atomic E-state index is -0.907. The Kier molecular flexibility index (Phi) is 2.57. The summed E-state index contributed by atoms with van der Waals surface area (Å²) < 4.78 is 1.06. The van der Waals surface area contributed by atoms with E-state index in [1.54, 1.807) is 29.0 Å². The number of fused-ring (bicyclic) bond motifs is 1. The lowest BCUT2D eigenvalue weighted by atomic mass is 10.00. The fourth-order valence-corrected chi connectivity index (χ4v) is 2.66. The van der Waals surface area contributed by atoms with Crippen LogP contribution in [0.4, 0.5) is 0 Å². The molecule has 0 saturated carbocycles. The van der Waals surface area contributed by atoms with Crippen LogP contribution in [0.2, 0.25) is 0 Å². The Hall–Kier alpha value is -2.20. The maximum Gasteiger partial charge on any atom is 0.336 e. The Morgan fingerprint density at radius 2 is 2.00 bits per heavy atom. The molecule has 0 fully saturated rings. The molecule has 0 atom stereocenters. The second kappa shape index (κ2) is 4.23. The molecule has 88 valence electrons. The van der Waals surface area contributed by atoms with Crippen molar-refractivity contribution in [3.63, 3.8) is 0 Å². The largest absolute Gasteiger partial charge is 0.478 e. The summed E-state index contributed by atoms with van der Waals surface area (Å²) in [6, 6.07) is 12.8. The molecule has 1 N–H and O–H groups in total. The number of carboxylic acid groups (broad SMARTS) is 1. The highest BCUT2D eigenvalue weighted by Gasteiger charge is 2.11. The zero-order chi connectivity index (χ0) is 12.5. The lowest BCUT2D eigenvalue weighted by molar-refractivity contribution is 0.0697. The molecule has 2 aromatic carbocycles. The Bertz CT molecular complexity index is 733. The summed E-state index contributed by atoms with van der Waals surface area (Å²) in [6.07, 6.45) is 0. The molecule has 0 aliphatic rings. The first-order chi connectivity index (χ1) is 8.75. The normalized spacial score (nSPS) is 10.7. The summed E-state index contributed by atoms with van der Waals surface area (Å²) in [5, 5.41) is 9.19. The highest BCUT2D eigenvalue weighted by molar-refractivity contribution is 7.16. The van der Waals surface area contributed by atoms with Crippen LogP contribution in [0.15, 0.2) is 48.0 Å². The Morgan fingerprint density at radius 1 is 1.17 bits per heavy atom. The number of carboxylic acids is 1. The fraction of sp³-hybridized carbons (Fsp3) is 0. The monoisotopic (exact) mass is 255 g/mol. The van der Waals surface area contributed by atoms with Crippen LogP contribution in [0.5, 0.6) is 0 Å². The predicted octanol–water partition coefficient (Wildman–Crippen LogP) is 3.66. The van der Waals surface area contributed by atoms with Gasteiger partial charge in [-0.1, -0.05) is 24.3 Å². The molecular weight excluding hydrogens is 246 g/mol. The summed E-state index contributed by atoms with van der Waals surface area (Å²) in [4.78, 5) is 15.4. The van der Waals surface area contributed by atoms with Gasteiger partial charge in [0.05, 0.1) is 21.3 Å². The molecular formula is C14H9NO2S. The number of aromatic carboxylic acids is 1. The third-order valence-electron chi connectivity index (χ3n) is 2.80. The van der Waals surface area contributed by atoms with E-state index in [-0.39, 0.29) is 0 Å². The smallest absolute Gasteiger partial charge is 0.336 e. The third-order valence-corrected chi connectivity index (χ3v) is 3.59. The second-order valence-corrected chi connectivity index (χ2v) is 4.77. The van der Waals surface area contributed by atoms with Gasteiger partial charge in [-0.05, 0) is 29.3 Å². The number of hydrogen-bond acceptors (Lipinski definition) is 3. The minimum Gasteiger partial charge on any atom is -0.478 e. The van der Waals surface area contributed by atoms with Crippen molar-refractivity contribution in [3.05, 3.63) is 53.5 Å². The molecule has 1 aromatic heterocycles. The van der Waals surface area contributed by atoms with Crippen LogP contribution in [0.25, 0.3) is 21.3 Å². The highest BCUT2D eigenvalue weighted by atomic mass is 32.1. The van der Waals surface area contributed by atoms with Gasteiger partial charge in [0.25, 0.3) is 0 Å². The molecule has 1 heterocycles. The van der Waals surface area contributed by atoms with E-state index >= 15 is 0 Å². The van der Waals surface area contributed by atoms with Crippen LogP contribution in [-0.4, -0.2) is 16.1 Å². The lowest BCUT2D eigenvalue weighted by Gasteiger charge is -2.05. The first kappa shape index (κ1) is 10.9. The SMILES string of the molecule is O=C(O)c1ccccc1-c1ccc2ncsc2c1. The lowest BCUT2D eigenvalue weighted by Crippen LogP contribution is -1.98. The molecule has 0 saturated heterocycles. The van der Waals surface area contributed by atoms with Crippen LogP contribution < -0.4 is 0 Å². The quantitative estimate of drug-likeness (QED) is 0.760. The van der Waals surface area contributed by atoms with Crippen molar-refractivity contribution in [2.75, 3.05) is 0 Å². The summed E-state index contributed by atoms with van der Waals surface area (Å²) in [7, 11) is 0. The van der Waals surface area contributed by atoms with Crippen molar-refractivity contribution in [3.8, 4) is 11.1 Å². The van der Waals surface area contributed by atoms with Crippen LogP contribution in [-0.2, 0) is 0 Å². The molecule has 0 spiro atoms. The Balaban J connectivity index is 2.22. The maximum atomic E-state index is 11.2. The van der Waals surface area contributed by atoms with Crippen molar-refractivity contribution in [1.29, 1.82) is 0 Å². The van der Waals surface area contributed by atoms with Gasteiger partial charge in [-0.25, -0.2) is 9.78 Å². The van der Waals surface area contributed by atoms with Crippen molar-refractivity contribution < 1.29 is 9.90 Å². The number of thiazole rings is 1. The number of hydrogen-bond donors (Lipinski definition) is 1. The first-order valence-corrected chi connectivity index (χ1v) is 6.29. The van der Waals surface area contributed by atoms with E-state index in [1.807, 2.05) is 30.3 Å². The molecule has 18 heavy (non-hydrogen) atoms. The Morgan fingerprint density at radius 3 is 2.83 bits per heavy atom. The average Bonchev–Trinajstić information content (AvgIpc) is 2.85. The van der Waals surface area contributed by atoms with Crippen LogP contribution in [0, 0.1) is 0 Å². The molecule has 0 aliphatic heterocycles. The van der Waals surface area contributed by atoms with Crippen molar-refractivity contribution in [2.45, 2.75) is 0 Å². The highest BCUT2D eigenvalue weighted by Crippen LogP contribution is 2.28. The number of benzene rings is 2. The van der Waals surface area contributed by atoms with E-state index in [0.717, 1.165) is 21.3 Å². The predicted molar refractivity (Wildman–Crippen MR) is 72.0 cm³/mol. The van der Waals surface area contributed by atoms with E-state index in [0.29, 0.717) is 5.56 Å². The molecule has 0 amide bonds. The van der Waals surface area contributed by atoms with Gasteiger partial charge in [-0.15, -0.1) is 11.3 Å². The molecule has 3 aromatic rings. The first-order valence-electron chi connectivity index (χ1n) is 5.41. The Labute approximate surface area is 107 Å². The molecule has 0 bridgehead atoms. The van der Waals surface area contributed by atoms with Gasteiger partial charge >= 0.3 is 5.97 Å². The third kappa shape index (κ3) is 1.76. The minimum absolute atomic E-state index is 0.321. The van der Waals surface area contributed by atoms with Crippen LogP contribution in [0.1, 0.15) is 10.4 Å². The molecule has 0 aliphatic carbocycles. The summed E-state index contributed by atoms with van der Waals surface area (Å²) in [5.74, 6) is -0.907. The molecule has 4 heteroatoms. The zero-order valence-electron chi connectivity index (χ0n) is 9.33. The topological polar surface area (TPSA) is 50.2 Å². The number of carbonyl (C=O) groups is 1. The van der Waals surface area contributed by atoms with Gasteiger partial charge in [-0.3, -0.25) is 0 Å². The van der Waals surface area contributed by atoms with Gasteiger partial charge in [0.1, 0.15) is 0 Å². The summed E-state index contributed by atoms with van der Waals surface area (Å²) in [6.45, 7) is 0.